The zero-order valence-electron chi connectivity index (χ0n) is 12.4. The van der Waals surface area contributed by atoms with Crippen molar-refractivity contribution in [2.24, 2.45) is 29.6 Å². The monoisotopic (exact) mass is 272 g/mol. The molecule has 2 rings (SSSR count). The van der Waals surface area contributed by atoms with E-state index in [0.29, 0.717) is 0 Å². The normalized spacial score (nSPS) is 39.5. The van der Waals surface area contributed by atoms with Crippen LogP contribution >= 0.6 is 0 Å². The summed E-state index contributed by atoms with van der Waals surface area (Å²) in [7, 11) is 2.79. The first-order valence-corrected chi connectivity index (χ1v) is 9.15. The van der Waals surface area contributed by atoms with Gasteiger partial charge in [-0.15, -0.1) is 0 Å². The van der Waals surface area contributed by atoms with Crippen LogP contribution in [0.3, 0.4) is 0 Å². The molecule has 0 heterocycles. The molecule has 106 valence electrons. The van der Waals surface area contributed by atoms with Gasteiger partial charge < -0.3 is 13.3 Å². The summed E-state index contributed by atoms with van der Waals surface area (Å²) in [5.41, 5.74) is 0. The molecule has 2 fully saturated rings. The van der Waals surface area contributed by atoms with Gasteiger partial charge >= 0.3 is 8.80 Å². The molecular weight excluding hydrogens is 244 g/mol. The van der Waals surface area contributed by atoms with Crippen molar-refractivity contribution in [1.29, 1.82) is 0 Å². The third kappa shape index (κ3) is 2.40. The van der Waals surface area contributed by atoms with Crippen molar-refractivity contribution >= 4 is 8.80 Å². The average molecular weight is 272 g/mol. The second kappa shape index (κ2) is 5.61. The molecule has 2 aliphatic carbocycles. The Morgan fingerprint density at radius 2 is 1.56 bits per heavy atom. The van der Waals surface area contributed by atoms with E-state index in [0.717, 1.165) is 35.6 Å². The van der Waals surface area contributed by atoms with E-state index in [1.165, 1.54) is 19.3 Å². The molecule has 5 atom stereocenters. The molecule has 0 aromatic heterocycles. The van der Waals surface area contributed by atoms with Crippen LogP contribution < -0.4 is 0 Å². The van der Waals surface area contributed by atoms with Gasteiger partial charge in [0, 0.05) is 27.4 Å². The Balaban J connectivity index is 1.89. The first-order chi connectivity index (χ1) is 8.56. The highest BCUT2D eigenvalue weighted by molar-refractivity contribution is 6.60. The Morgan fingerprint density at radius 3 is 2.00 bits per heavy atom. The molecule has 2 aliphatic rings. The van der Waals surface area contributed by atoms with Gasteiger partial charge in [-0.2, -0.15) is 0 Å². The van der Waals surface area contributed by atoms with E-state index in [-0.39, 0.29) is 0 Å². The molecule has 2 bridgehead atoms. The second-order valence-corrected chi connectivity index (χ2v) is 9.30. The summed E-state index contributed by atoms with van der Waals surface area (Å²) in [5.74, 6) is 4.60. The van der Waals surface area contributed by atoms with Crippen molar-refractivity contribution in [2.45, 2.75) is 39.2 Å². The van der Waals surface area contributed by atoms with Crippen molar-refractivity contribution in [1.82, 2.24) is 0 Å². The molecule has 3 nitrogen and oxygen atoms in total. The van der Waals surface area contributed by atoms with Crippen LogP contribution in [0.1, 0.15) is 33.1 Å². The van der Waals surface area contributed by atoms with Gasteiger partial charge in [-0.25, -0.2) is 0 Å². The Hall–Kier alpha value is 0.0969. The fourth-order valence-electron chi connectivity index (χ4n) is 4.34. The highest BCUT2D eigenvalue weighted by atomic mass is 28.4. The number of rotatable bonds is 6. The first kappa shape index (κ1) is 14.5. The lowest BCUT2D eigenvalue weighted by Crippen LogP contribution is -2.43. The Morgan fingerprint density at radius 1 is 0.944 bits per heavy atom. The number of hydrogen-bond acceptors (Lipinski definition) is 3. The average Bonchev–Trinajstić information content (AvgIpc) is 2.93. The summed E-state index contributed by atoms with van der Waals surface area (Å²) in [6.45, 7) is 4.87. The molecule has 0 amide bonds. The van der Waals surface area contributed by atoms with Crippen LogP contribution in [0.15, 0.2) is 0 Å². The van der Waals surface area contributed by atoms with E-state index in [1.807, 2.05) is 0 Å². The van der Waals surface area contributed by atoms with Gasteiger partial charge in [0.15, 0.2) is 0 Å². The van der Waals surface area contributed by atoms with Gasteiger partial charge in [0.05, 0.1) is 0 Å². The van der Waals surface area contributed by atoms with Crippen LogP contribution in [0, 0.1) is 29.6 Å². The molecule has 18 heavy (non-hydrogen) atoms. The standard InChI is InChI=1S/C14H28O3Si/c1-10-11(2)14-9-13(10)8-12(14)6-7-18(15-3,16-4)17-5/h10-14H,6-9H2,1-5H3. The topological polar surface area (TPSA) is 27.7 Å². The smallest absolute Gasteiger partial charge is 0.377 e. The van der Waals surface area contributed by atoms with Gasteiger partial charge in [-0.05, 0) is 48.9 Å². The zero-order chi connectivity index (χ0) is 13.3. The zero-order valence-corrected chi connectivity index (χ0v) is 13.4. The molecule has 0 aromatic carbocycles. The van der Waals surface area contributed by atoms with Crippen LogP contribution in [-0.2, 0) is 13.3 Å². The van der Waals surface area contributed by atoms with Crippen LogP contribution in [0.5, 0.6) is 0 Å². The molecule has 5 unspecified atom stereocenters. The van der Waals surface area contributed by atoms with Gasteiger partial charge in [-0.3, -0.25) is 0 Å². The third-order valence-electron chi connectivity index (χ3n) is 5.79. The van der Waals surface area contributed by atoms with Crippen LogP contribution in [0.4, 0.5) is 0 Å². The highest BCUT2D eigenvalue weighted by Crippen LogP contribution is 2.56. The van der Waals surface area contributed by atoms with E-state index in [9.17, 15) is 0 Å². The lowest BCUT2D eigenvalue weighted by atomic mass is 9.75. The third-order valence-corrected chi connectivity index (χ3v) is 8.56. The minimum atomic E-state index is -2.35. The second-order valence-electron chi connectivity index (χ2n) is 6.21. The summed E-state index contributed by atoms with van der Waals surface area (Å²) in [5, 5.41) is 0. The molecule has 2 saturated carbocycles. The molecule has 0 spiro atoms. The van der Waals surface area contributed by atoms with Crippen molar-refractivity contribution in [3.63, 3.8) is 0 Å². The van der Waals surface area contributed by atoms with Gasteiger partial charge in [0.25, 0.3) is 0 Å². The Labute approximate surface area is 113 Å². The fourth-order valence-corrected chi connectivity index (χ4v) is 6.18. The van der Waals surface area contributed by atoms with E-state index < -0.39 is 8.80 Å². The van der Waals surface area contributed by atoms with Crippen LogP contribution in [0.25, 0.3) is 0 Å². The summed E-state index contributed by atoms with van der Waals surface area (Å²) >= 11 is 0. The van der Waals surface area contributed by atoms with Gasteiger partial charge in [0.2, 0.25) is 0 Å². The summed E-state index contributed by atoms with van der Waals surface area (Å²) in [4.78, 5) is 0. The SMILES string of the molecule is CO[Si](CCC1CC2CC1C(C)C2C)(OC)OC. The minimum Gasteiger partial charge on any atom is -0.377 e. The van der Waals surface area contributed by atoms with Crippen molar-refractivity contribution in [3.8, 4) is 0 Å². The summed E-state index contributed by atoms with van der Waals surface area (Å²) < 4.78 is 16.6. The lowest BCUT2D eigenvalue weighted by Gasteiger charge is -2.33. The summed E-state index contributed by atoms with van der Waals surface area (Å²) in [6, 6.07) is 0.964. The molecule has 0 radical (unpaired) electrons. The molecule has 0 aliphatic heterocycles. The predicted octanol–water partition coefficient (Wildman–Crippen LogP) is 3.18. The first-order valence-electron chi connectivity index (χ1n) is 7.22. The summed E-state index contributed by atoms with van der Waals surface area (Å²) in [6.07, 6.45) is 4.08. The maximum Gasteiger partial charge on any atom is 0.500 e. The van der Waals surface area contributed by atoms with Crippen molar-refractivity contribution in [2.75, 3.05) is 21.3 Å². The highest BCUT2D eigenvalue weighted by Gasteiger charge is 2.49. The maximum absolute atomic E-state index is 5.52. The Kier molecular flexibility index (Phi) is 4.52. The quantitative estimate of drug-likeness (QED) is 0.695. The van der Waals surface area contributed by atoms with E-state index in [2.05, 4.69) is 13.8 Å². The molecule has 0 aromatic rings. The maximum atomic E-state index is 5.52. The molecule has 0 saturated heterocycles. The van der Waals surface area contributed by atoms with Crippen LogP contribution in [-0.4, -0.2) is 30.1 Å². The van der Waals surface area contributed by atoms with Crippen molar-refractivity contribution in [3.05, 3.63) is 0 Å². The van der Waals surface area contributed by atoms with Gasteiger partial charge in [0.1, 0.15) is 0 Å². The number of hydrogen-bond donors (Lipinski definition) is 0. The largest absolute Gasteiger partial charge is 0.500 e. The fraction of sp³-hybridized carbons (Fsp3) is 1.00. The lowest BCUT2D eigenvalue weighted by molar-refractivity contribution is 0.115. The van der Waals surface area contributed by atoms with E-state index in [1.54, 1.807) is 21.3 Å². The van der Waals surface area contributed by atoms with Crippen LogP contribution in [0.2, 0.25) is 6.04 Å². The van der Waals surface area contributed by atoms with Gasteiger partial charge in [-0.1, -0.05) is 13.8 Å². The van der Waals surface area contributed by atoms with E-state index in [4.69, 9.17) is 13.3 Å². The minimum absolute atomic E-state index is 0.869. The Bertz CT molecular complexity index is 270. The predicted molar refractivity (Wildman–Crippen MR) is 74.2 cm³/mol. The molecular formula is C14H28O3Si. The molecule has 4 heteroatoms. The number of fused-ring (bicyclic) bond motifs is 2. The van der Waals surface area contributed by atoms with E-state index >= 15 is 0 Å². The molecule has 0 N–H and O–H groups in total. The van der Waals surface area contributed by atoms with Crippen molar-refractivity contribution < 1.29 is 13.3 Å².